The van der Waals surface area contributed by atoms with E-state index in [1.165, 1.54) is 13.2 Å². The van der Waals surface area contributed by atoms with Crippen molar-refractivity contribution in [3.8, 4) is 0 Å². The highest BCUT2D eigenvalue weighted by Gasteiger charge is 2.31. The highest BCUT2D eigenvalue weighted by molar-refractivity contribution is 9.10. The van der Waals surface area contributed by atoms with Crippen molar-refractivity contribution in [3.05, 3.63) is 87.9 Å². The number of rotatable bonds is 5. The topological polar surface area (TPSA) is 61.9 Å². The second-order valence-corrected chi connectivity index (χ2v) is 9.12. The molecule has 1 aliphatic rings. The van der Waals surface area contributed by atoms with Crippen molar-refractivity contribution < 1.29 is 27.5 Å². The number of benzene rings is 3. The minimum Gasteiger partial charge on any atom is -0.465 e. The van der Waals surface area contributed by atoms with Crippen LogP contribution in [0.1, 0.15) is 26.3 Å². The summed E-state index contributed by atoms with van der Waals surface area (Å²) >= 11 is 3.34. The van der Waals surface area contributed by atoms with Crippen molar-refractivity contribution in [2.75, 3.05) is 48.4 Å². The molecule has 3 aromatic rings. The van der Waals surface area contributed by atoms with Gasteiger partial charge < -0.3 is 19.9 Å². The zero-order valence-electron chi connectivity index (χ0n) is 19.3. The lowest BCUT2D eigenvalue weighted by Crippen LogP contribution is -2.46. The Hall–Kier alpha value is -3.53. The SMILES string of the molecule is COC(=O)c1ccc(N2CCN(c3cccc(C(F)(F)F)c3)CC2)c(NC(=O)c2ccc(Br)cc2)c1. The van der Waals surface area contributed by atoms with Crippen molar-refractivity contribution in [1.82, 2.24) is 0 Å². The van der Waals surface area contributed by atoms with Crippen LogP contribution in [0, 0.1) is 0 Å². The molecular formula is C26H23BrF3N3O3. The third-order valence-electron chi connectivity index (χ3n) is 5.93. The molecule has 0 aromatic heterocycles. The minimum absolute atomic E-state index is 0.287. The van der Waals surface area contributed by atoms with Crippen molar-refractivity contribution in [2.45, 2.75) is 6.18 Å². The average molecular weight is 562 g/mol. The molecule has 3 aromatic carbocycles. The van der Waals surface area contributed by atoms with Crippen LogP contribution in [-0.2, 0) is 10.9 Å². The van der Waals surface area contributed by atoms with Crippen LogP contribution in [-0.4, -0.2) is 45.2 Å². The molecule has 0 aliphatic carbocycles. The van der Waals surface area contributed by atoms with Crippen LogP contribution in [0.25, 0.3) is 0 Å². The number of methoxy groups -OCH3 is 1. The summed E-state index contributed by atoms with van der Waals surface area (Å²) in [5.41, 5.74) is 1.71. The average Bonchev–Trinajstić information content (AvgIpc) is 2.88. The predicted molar refractivity (Wildman–Crippen MR) is 136 cm³/mol. The van der Waals surface area contributed by atoms with Gasteiger partial charge in [-0.05, 0) is 60.7 Å². The molecular weight excluding hydrogens is 539 g/mol. The lowest BCUT2D eigenvalue weighted by Gasteiger charge is -2.38. The molecule has 10 heteroatoms. The summed E-state index contributed by atoms with van der Waals surface area (Å²) in [7, 11) is 1.28. The Morgan fingerprint density at radius 3 is 2.17 bits per heavy atom. The Bertz CT molecular complexity index is 1260. The molecule has 1 aliphatic heterocycles. The molecule has 1 heterocycles. The fourth-order valence-electron chi connectivity index (χ4n) is 4.04. The van der Waals surface area contributed by atoms with Gasteiger partial charge in [0.15, 0.2) is 0 Å². The van der Waals surface area contributed by atoms with E-state index in [1.807, 2.05) is 9.80 Å². The molecule has 0 saturated carbocycles. The molecule has 0 bridgehead atoms. The lowest BCUT2D eigenvalue weighted by molar-refractivity contribution is -0.137. The maximum absolute atomic E-state index is 13.1. The standard InChI is InChI=1S/C26H23BrF3N3O3/c1-36-25(35)18-7-10-23(22(15-18)31-24(34)17-5-8-20(27)9-6-17)33-13-11-32(12-14-33)21-4-2-3-19(16-21)26(28,29)30/h2-10,15-16H,11-14H2,1H3,(H,31,34). The Balaban J connectivity index is 1.55. The summed E-state index contributed by atoms with van der Waals surface area (Å²) in [6, 6.07) is 17.1. The molecule has 0 unspecified atom stereocenters. The fraction of sp³-hybridized carbons (Fsp3) is 0.231. The number of anilines is 3. The van der Waals surface area contributed by atoms with Crippen molar-refractivity contribution in [1.29, 1.82) is 0 Å². The quantitative estimate of drug-likeness (QED) is 0.397. The van der Waals surface area contributed by atoms with E-state index in [0.29, 0.717) is 48.8 Å². The number of carbonyl (C=O) groups excluding carboxylic acids is 2. The summed E-state index contributed by atoms with van der Waals surface area (Å²) in [6.07, 6.45) is -4.40. The van der Waals surface area contributed by atoms with Crippen molar-refractivity contribution >= 4 is 44.9 Å². The zero-order valence-corrected chi connectivity index (χ0v) is 20.9. The van der Waals surface area contributed by atoms with Gasteiger partial charge in [0, 0.05) is 41.9 Å². The fourth-order valence-corrected chi connectivity index (χ4v) is 4.30. The van der Waals surface area contributed by atoms with E-state index >= 15 is 0 Å². The third-order valence-corrected chi connectivity index (χ3v) is 6.46. The summed E-state index contributed by atoms with van der Waals surface area (Å²) in [6.45, 7) is 1.99. The number of halogens is 4. The van der Waals surface area contributed by atoms with Gasteiger partial charge >= 0.3 is 12.1 Å². The molecule has 6 nitrogen and oxygen atoms in total. The summed E-state index contributed by atoms with van der Waals surface area (Å²) in [4.78, 5) is 28.9. The van der Waals surface area contributed by atoms with E-state index in [0.717, 1.165) is 16.6 Å². The first kappa shape index (κ1) is 25.6. The van der Waals surface area contributed by atoms with Crippen LogP contribution in [0.5, 0.6) is 0 Å². The van der Waals surface area contributed by atoms with Gasteiger partial charge in [-0.2, -0.15) is 13.2 Å². The Kier molecular flexibility index (Phi) is 7.53. The lowest BCUT2D eigenvalue weighted by atomic mass is 10.1. The third kappa shape index (κ3) is 5.81. The number of hydrogen-bond acceptors (Lipinski definition) is 5. The number of nitrogens with zero attached hydrogens (tertiary/aromatic N) is 2. The largest absolute Gasteiger partial charge is 0.465 e. The minimum atomic E-state index is -4.40. The number of nitrogens with one attached hydrogen (secondary N) is 1. The maximum Gasteiger partial charge on any atom is 0.416 e. The molecule has 0 radical (unpaired) electrons. The van der Waals surface area contributed by atoms with E-state index in [9.17, 15) is 22.8 Å². The Labute approximate surface area is 214 Å². The monoisotopic (exact) mass is 561 g/mol. The van der Waals surface area contributed by atoms with Crippen molar-refractivity contribution in [3.63, 3.8) is 0 Å². The van der Waals surface area contributed by atoms with E-state index in [4.69, 9.17) is 4.74 Å². The van der Waals surface area contributed by atoms with Gasteiger partial charge in [0.1, 0.15) is 0 Å². The molecule has 1 saturated heterocycles. The van der Waals surface area contributed by atoms with Gasteiger partial charge in [0.25, 0.3) is 5.91 Å². The summed E-state index contributed by atoms with van der Waals surface area (Å²) in [5.74, 6) is -0.872. The normalized spacial score (nSPS) is 13.9. The van der Waals surface area contributed by atoms with Crippen LogP contribution in [0.2, 0.25) is 0 Å². The first-order chi connectivity index (χ1) is 17.2. The van der Waals surface area contributed by atoms with Crippen LogP contribution in [0.3, 0.4) is 0 Å². The number of ether oxygens (including phenoxy) is 1. The highest BCUT2D eigenvalue weighted by atomic mass is 79.9. The number of carbonyl (C=O) groups is 2. The molecule has 36 heavy (non-hydrogen) atoms. The first-order valence-electron chi connectivity index (χ1n) is 11.1. The molecule has 1 fully saturated rings. The second-order valence-electron chi connectivity index (χ2n) is 8.21. The number of hydrogen-bond donors (Lipinski definition) is 1. The van der Waals surface area contributed by atoms with Gasteiger partial charge in [-0.25, -0.2) is 4.79 Å². The summed E-state index contributed by atoms with van der Waals surface area (Å²) < 4.78 is 45.0. The second kappa shape index (κ2) is 10.6. The van der Waals surface area contributed by atoms with Gasteiger partial charge in [-0.3, -0.25) is 4.79 Å². The van der Waals surface area contributed by atoms with E-state index in [2.05, 4.69) is 21.2 Å². The smallest absolute Gasteiger partial charge is 0.416 e. The molecule has 4 rings (SSSR count). The maximum atomic E-state index is 13.1. The van der Waals surface area contributed by atoms with Gasteiger partial charge in [-0.15, -0.1) is 0 Å². The van der Waals surface area contributed by atoms with Crippen LogP contribution >= 0.6 is 15.9 Å². The number of esters is 1. The van der Waals surface area contributed by atoms with Crippen LogP contribution in [0.15, 0.2) is 71.2 Å². The van der Waals surface area contributed by atoms with Gasteiger partial charge in [0.2, 0.25) is 0 Å². The predicted octanol–water partition coefficient (Wildman–Crippen LogP) is 5.83. The van der Waals surface area contributed by atoms with Crippen LogP contribution in [0.4, 0.5) is 30.2 Å². The van der Waals surface area contributed by atoms with Crippen molar-refractivity contribution in [2.24, 2.45) is 0 Å². The molecule has 188 valence electrons. The number of alkyl halides is 3. The van der Waals surface area contributed by atoms with Gasteiger partial charge in [-0.1, -0.05) is 22.0 Å². The van der Waals surface area contributed by atoms with E-state index in [1.54, 1.807) is 48.5 Å². The number of amides is 1. The first-order valence-corrected chi connectivity index (χ1v) is 11.9. The molecule has 0 atom stereocenters. The molecule has 0 spiro atoms. The van der Waals surface area contributed by atoms with Crippen LogP contribution < -0.4 is 15.1 Å². The number of piperazine rings is 1. The Morgan fingerprint density at radius 2 is 1.53 bits per heavy atom. The highest BCUT2D eigenvalue weighted by Crippen LogP contribution is 2.33. The molecule has 1 amide bonds. The van der Waals surface area contributed by atoms with Gasteiger partial charge in [0.05, 0.1) is 29.6 Å². The zero-order chi connectivity index (χ0) is 25.9. The van der Waals surface area contributed by atoms with E-state index in [-0.39, 0.29) is 11.5 Å². The Morgan fingerprint density at radius 1 is 0.889 bits per heavy atom. The summed E-state index contributed by atoms with van der Waals surface area (Å²) in [5, 5.41) is 2.89. The van der Waals surface area contributed by atoms with E-state index < -0.39 is 17.7 Å². The molecule has 1 N–H and O–H groups in total.